The van der Waals surface area contributed by atoms with E-state index in [2.05, 4.69) is 15.2 Å². The number of rotatable bonds is 5. The van der Waals surface area contributed by atoms with Crippen LogP contribution >= 0.6 is 0 Å². The molecule has 1 aromatic rings. The SMILES string of the molecule is CN(C)CCn1nnc(C=O)c1C1CCC1. The van der Waals surface area contributed by atoms with Gasteiger partial charge in [0.1, 0.15) is 5.69 Å². The minimum atomic E-state index is 0.498. The van der Waals surface area contributed by atoms with E-state index in [4.69, 9.17) is 0 Å². The second kappa shape index (κ2) is 4.74. The van der Waals surface area contributed by atoms with Crippen LogP contribution in [0.5, 0.6) is 0 Å². The van der Waals surface area contributed by atoms with Crippen molar-refractivity contribution in [2.75, 3.05) is 20.6 Å². The van der Waals surface area contributed by atoms with Crippen LogP contribution in [0.15, 0.2) is 0 Å². The van der Waals surface area contributed by atoms with Crippen molar-refractivity contribution in [1.29, 1.82) is 0 Å². The van der Waals surface area contributed by atoms with Crippen molar-refractivity contribution in [2.24, 2.45) is 0 Å². The number of carbonyl (C=O) groups excluding carboxylic acids is 1. The van der Waals surface area contributed by atoms with Crippen LogP contribution in [0, 0.1) is 0 Å². The van der Waals surface area contributed by atoms with E-state index < -0.39 is 0 Å². The first-order valence-electron chi connectivity index (χ1n) is 5.75. The van der Waals surface area contributed by atoms with Crippen molar-refractivity contribution >= 4 is 6.29 Å². The average Bonchev–Trinajstić information content (AvgIpc) is 2.55. The Morgan fingerprint density at radius 3 is 2.75 bits per heavy atom. The van der Waals surface area contributed by atoms with Gasteiger partial charge in [0, 0.05) is 12.5 Å². The van der Waals surface area contributed by atoms with Gasteiger partial charge in [-0.25, -0.2) is 4.68 Å². The van der Waals surface area contributed by atoms with Gasteiger partial charge in [0.05, 0.1) is 12.2 Å². The number of likely N-dealkylation sites (N-methyl/N-ethyl adjacent to an activating group) is 1. The molecule has 0 aliphatic heterocycles. The van der Waals surface area contributed by atoms with E-state index in [-0.39, 0.29) is 0 Å². The van der Waals surface area contributed by atoms with Gasteiger partial charge >= 0.3 is 0 Å². The highest BCUT2D eigenvalue weighted by Gasteiger charge is 2.27. The van der Waals surface area contributed by atoms with Gasteiger partial charge < -0.3 is 4.90 Å². The molecule has 1 aliphatic rings. The largest absolute Gasteiger partial charge is 0.308 e. The molecule has 1 fully saturated rings. The van der Waals surface area contributed by atoms with Crippen LogP contribution in [0.1, 0.15) is 41.4 Å². The van der Waals surface area contributed by atoms with Crippen LogP contribution in [0.2, 0.25) is 0 Å². The monoisotopic (exact) mass is 222 g/mol. The predicted octanol–water partition coefficient (Wildman–Crippen LogP) is 0.920. The van der Waals surface area contributed by atoms with Gasteiger partial charge in [-0.2, -0.15) is 0 Å². The summed E-state index contributed by atoms with van der Waals surface area (Å²) in [5, 5.41) is 8.01. The summed E-state index contributed by atoms with van der Waals surface area (Å²) in [6.07, 6.45) is 4.40. The zero-order valence-electron chi connectivity index (χ0n) is 9.89. The third-order valence-electron chi connectivity index (χ3n) is 3.16. The first kappa shape index (κ1) is 11.3. The average molecular weight is 222 g/mol. The summed E-state index contributed by atoms with van der Waals surface area (Å²) in [6, 6.07) is 0. The highest BCUT2D eigenvalue weighted by molar-refractivity contribution is 5.73. The third-order valence-corrected chi connectivity index (χ3v) is 3.16. The van der Waals surface area contributed by atoms with E-state index in [1.165, 1.54) is 6.42 Å². The summed E-state index contributed by atoms with van der Waals surface area (Å²) >= 11 is 0. The Morgan fingerprint density at radius 2 is 2.25 bits per heavy atom. The van der Waals surface area contributed by atoms with E-state index in [1.807, 2.05) is 18.8 Å². The van der Waals surface area contributed by atoms with Crippen LogP contribution in [-0.4, -0.2) is 46.8 Å². The van der Waals surface area contributed by atoms with E-state index in [1.54, 1.807) is 0 Å². The van der Waals surface area contributed by atoms with Crippen LogP contribution < -0.4 is 0 Å². The van der Waals surface area contributed by atoms with E-state index in [0.717, 1.165) is 37.9 Å². The lowest BCUT2D eigenvalue weighted by molar-refractivity contribution is 0.111. The Bertz CT molecular complexity index is 368. The minimum absolute atomic E-state index is 0.498. The third kappa shape index (κ3) is 2.14. The molecular formula is C11H18N4O. The number of nitrogens with zero attached hydrogens (tertiary/aromatic N) is 4. The van der Waals surface area contributed by atoms with Crippen LogP contribution in [-0.2, 0) is 6.54 Å². The highest BCUT2D eigenvalue weighted by Crippen LogP contribution is 2.36. The lowest BCUT2D eigenvalue weighted by Gasteiger charge is -2.26. The molecule has 1 saturated carbocycles. The molecular weight excluding hydrogens is 204 g/mol. The minimum Gasteiger partial charge on any atom is -0.308 e. The summed E-state index contributed by atoms with van der Waals surface area (Å²) in [7, 11) is 4.06. The predicted molar refractivity (Wildman–Crippen MR) is 60.6 cm³/mol. The molecule has 0 bridgehead atoms. The van der Waals surface area contributed by atoms with E-state index in [0.29, 0.717) is 11.6 Å². The number of carbonyl (C=O) groups is 1. The van der Waals surface area contributed by atoms with Crippen molar-refractivity contribution in [3.05, 3.63) is 11.4 Å². The first-order chi connectivity index (χ1) is 7.72. The summed E-state index contributed by atoms with van der Waals surface area (Å²) in [5.74, 6) is 0.498. The lowest BCUT2D eigenvalue weighted by Crippen LogP contribution is -2.23. The molecule has 0 spiro atoms. The van der Waals surface area contributed by atoms with Crippen molar-refractivity contribution in [3.8, 4) is 0 Å². The fourth-order valence-electron chi connectivity index (χ4n) is 1.98. The number of hydrogen-bond acceptors (Lipinski definition) is 4. The Balaban J connectivity index is 2.16. The zero-order chi connectivity index (χ0) is 11.5. The normalized spacial score (nSPS) is 16.4. The molecule has 16 heavy (non-hydrogen) atoms. The molecule has 2 rings (SSSR count). The molecule has 0 radical (unpaired) electrons. The fraction of sp³-hybridized carbons (Fsp3) is 0.727. The quantitative estimate of drug-likeness (QED) is 0.695. The fourth-order valence-corrected chi connectivity index (χ4v) is 1.98. The molecule has 5 nitrogen and oxygen atoms in total. The molecule has 0 unspecified atom stereocenters. The zero-order valence-corrected chi connectivity index (χ0v) is 9.89. The Kier molecular flexibility index (Phi) is 3.33. The van der Waals surface area contributed by atoms with Crippen LogP contribution in [0.4, 0.5) is 0 Å². The second-order valence-electron chi connectivity index (χ2n) is 4.63. The maximum absolute atomic E-state index is 10.9. The molecule has 0 saturated heterocycles. The summed E-state index contributed by atoms with van der Waals surface area (Å²) in [4.78, 5) is 13.0. The summed E-state index contributed by atoms with van der Waals surface area (Å²) in [6.45, 7) is 1.72. The van der Waals surface area contributed by atoms with Crippen molar-refractivity contribution in [1.82, 2.24) is 19.9 Å². The van der Waals surface area contributed by atoms with E-state index >= 15 is 0 Å². The topological polar surface area (TPSA) is 51.0 Å². The molecule has 0 aromatic carbocycles. The number of aromatic nitrogens is 3. The molecule has 0 amide bonds. The van der Waals surface area contributed by atoms with Gasteiger partial charge in [-0.05, 0) is 26.9 Å². The van der Waals surface area contributed by atoms with Crippen molar-refractivity contribution in [2.45, 2.75) is 31.7 Å². The molecule has 0 atom stereocenters. The maximum Gasteiger partial charge on any atom is 0.172 e. The van der Waals surface area contributed by atoms with Crippen LogP contribution in [0.25, 0.3) is 0 Å². The number of hydrogen-bond donors (Lipinski definition) is 0. The summed E-state index contributed by atoms with van der Waals surface area (Å²) in [5.41, 5.74) is 1.58. The van der Waals surface area contributed by atoms with Gasteiger partial charge in [-0.15, -0.1) is 5.10 Å². The van der Waals surface area contributed by atoms with Gasteiger partial charge in [0.2, 0.25) is 0 Å². The highest BCUT2D eigenvalue weighted by atomic mass is 16.1. The molecule has 88 valence electrons. The molecule has 1 heterocycles. The molecule has 1 aliphatic carbocycles. The van der Waals surface area contributed by atoms with Crippen molar-refractivity contribution < 1.29 is 4.79 Å². The smallest absolute Gasteiger partial charge is 0.172 e. The first-order valence-corrected chi connectivity index (χ1v) is 5.75. The summed E-state index contributed by atoms with van der Waals surface area (Å²) < 4.78 is 1.90. The lowest BCUT2D eigenvalue weighted by atomic mass is 9.82. The van der Waals surface area contributed by atoms with E-state index in [9.17, 15) is 4.79 Å². The van der Waals surface area contributed by atoms with Gasteiger partial charge in [0.25, 0.3) is 0 Å². The standard InChI is InChI=1S/C11H18N4O/c1-14(2)6-7-15-11(9-4-3-5-9)10(8-16)12-13-15/h8-9H,3-7H2,1-2H3. The molecule has 0 N–H and O–H groups in total. The Hall–Kier alpha value is -1.23. The van der Waals surface area contributed by atoms with Gasteiger partial charge in [-0.1, -0.05) is 11.6 Å². The Morgan fingerprint density at radius 1 is 1.50 bits per heavy atom. The molecule has 5 heteroatoms. The van der Waals surface area contributed by atoms with Crippen molar-refractivity contribution in [3.63, 3.8) is 0 Å². The van der Waals surface area contributed by atoms with Gasteiger partial charge in [-0.3, -0.25) is 4.79 Å². The van der Waals surface area contributed by atoms with Gasteiger partial charge in [0.15, 0.2) is 6.29 Å². The second-order valence-corrected chi connectivity index (χ2v) is 4.63. The molecule has 1 aromatic heterocycles. The number of aldehydes is 1. The maximum atomic E-state index is 10.9. The Labute approximate surface area is 95.4 Å². The van der Waals surface area contributed by atoms with Crippen LogP contribution in [0.3, 0.4) is 0 Å².